The summed E-state index contributed by atoms with van der Waals surface area (Å²) in [5.41, 5.74) is 3.10. The molecular formula is C16H19NO3. The number of aliphatic carboxylic acids is 1. The maximum atomic E-state index is 12.7. The lowest BCUT2D eigenvalue weighted by atomic mass is 9.98. The van der Waals surface area contributed by atoms with Crippen molar-refractivity contribution in [3.05, 3.63) is 34.9 Å². The highest BCUT2D eigenvalue weighted by molar-refractivity contribution is 5.98. The second-order valence-electron chi connectivity index (χ2n) is 5.65. The van der Waals surface area contributed by atoms with Crippen molar-refractivity contribution in [2.45, 2.75) is 44.6 Å². The van der Waals surface area contributed by atoms with E-state index in [1.165, 1.54) is 5.56 Å². The van der Waals surface area contributed by atoms with Crippen LogP contribution in [0.5, 0.6) is 0 Å². The molecule has 1 aliphatic heterocycles. The Balaban J connectivity index is 1.92. The van der Waals surface area contributed by atoms with Crippen molar-refractivity contribution in [3.63, 3.8) is 0 Å². The maximum absolute atomic E-state index is 12.7. The van der Waals surface area contributed by atoms with Crippen LogP contribution in [0.3, 0.4) is 0 Å². The number of carbonyl (C=O) groups is 2. The second-order valence-corrected chi connectivity index (χ2v) is 5.65. The van der Waals surface area contributed by atoms with Gasteiger partial charge in [-0.3, -0.25) is 4.79 Å². The summed E-state index contributed by atoms with van der Waals surface area (Å²) in [5.74, 6) is -0.985. The molecule has 1 aromatic carbocycles. The fraction of sp³-hybridized carbons (Fsp3) is 0.500. The average Bonchev–Trinajstić information content (AvgIpc) is 2.94. The van der Waals surface area contributed by atoms with E-state index in [-0.39, 0.29) is 5.91 Å². The van der Waals surface area contributed by atoms with Gasteiger partial charge in [-0.1, -0.05) is 12.1 Å². The molecule has 1 N–H and O–H groups in total. The molecule has 106 valence electrons. The van der Waals surface area contributed by atoms with Gasteiger partial charge < -0.3 is 10.0 Å². The van der Waals surface area contributed by atoms with Gasteiger partial charge in [0, 0.05) is 12.1 Å². The first-order chi connectivity index (χ1) is 9.68. The lowest BCUT2D eigenvalue weighted by Gasteiger charge is -2.33. The van der Waals surface area contributed by atoms with E-state index >= 15 is 0 Å². The molecule has 0 spiro atoms. The summed E-state index contributed by atoms with van der Waals surface area (Å²) < 4.78 is 0. The van der Waals surface area contributed by atoms with Gasteiger partial charge in [-0.05, 0) is 55.7 Å². The number of rotatable bonds is 2. The van der Waals surface area contributed by atoms with Gasteiger partial charge in [-0.15, -0.1) is 0 Å². The van der Waals surface area contributed by atoms with E-state index in [1.807, 2.05) is 12.1 Å². The van der Waals surface area contributed by atoms with Gasteiger partial charge in [0.2, 0.25) is 0 Å². The molecule has 1 heterocycles. The molecule has 1 unspecified atom stereocenters. The number of aryl methyl sites for hydroxylation is 1. The third-order valence-corrected chi connectivity index (χ3v) is 4.43. The van der Waals surface area contributed by atoms with E-state index < -0.39 is 12.0 Å². The molecular weight excluding hydrogens is 254 g/mol. The van der Waals surface area contributed by atoms with E-state index in [2.05, 4.69) is 6.07 Å². The molecule has 20 heavy (non-hydrogen) atoms. The molecule has 1 aliphatic carbocycles. The molecule has 1 amide bonds. The Hall–Kier alpha value is -1.84. The van der Waals surface area contributed by atoms with E-state index in [0.717, 1.165) is 37.7 Å². The fourth-order valence-corrected chi connectivity index (χ4v) is 3.41. The van der Waals surface area contributed by atoms with E-state index in [9.17, 15) is 14.7 Å². The van der Waals surface area contributed by atoms with E-state index in [4.69, 9.17) is 0 Å². The van der Waals surface area contributed by atoms with Crippen LogP contribution in [0.4, 0.5) is 0 Å². The normalized spacial score (nSPS) is 21.6. The number of piperidine rings is 1. The number of carboxylic acids is 1. The van der Waals surface area contributed by atoms with Gasteiger partial charge in [0.25, 0.3) is 5.91 Å². The number of fused-ring (bicyclic) bond motifs is 1. The number of nitrogens with zero attached hydrogens (tertiary/aromatic N) is 1. The third kappa shape index (κ3) is 2.19. The molecule has 0 aromatic heterocycles. The van der Waals surface area contributed by atoms with Gasteiger partial charge in [-0.25, -0.2) is 4.79 Å². The van der Waals surface area contributed by atoms with Crippen LogP contribution in [0, 0.1) is 0 Å². The van der Waals surface area contributed by atoms with Crippen molar-refractivity contribution in [2.24, 2.45) is 0 Å². The van der Waals surface area contributed by atoms with E-state index in [1.54, 1.807) is 4.90 Å². The molecule has 0 saturated carbocycles. The van der Waals surface area contributed by atoms with Gasteiger partial charge in [0.1, 0.15) is 6.04 Å². The lowest BCUT2D eigenvalue weighted by Crippen LogP contribution is -2.48. The summed E-state index contributed by atoms with van der Waals surface area (Å²) in [4.78, 5) is 25.6. The number of amides is 1. The topological polar surface area (TPSA) is 57.6 Å². The molecule has 2 aliphatic rings. The maximum Gasteiger partial charge on any atom is 0.326 e. The molecule has 4 nitrogen and oxygen atoms in total. The zero-order valence-electron chi connectivity index (χ0n) is 11.5. The molecule has 1 atom stereocenters. The Morgan fingerprint density at radius 2 is 2.00 bits per heavy atom. The summed E-state index contributed by atoms with van der Waals surface area (Å²) in [6, 6.07) is 5.18. The van der Waals surface area contributed by atoms with Crippen LogP contribution in [0.25, 0.3) is 0 Å². The Bertz CT molecular complexity index is 553. The average molecular weight is 273 g/mol. The standard InChI is InChI=1S/C16H19NO3/c18-15(17-10-2-1-9-14(17)16(19)20)13-8-4-6-11-5-3-7-12(11)13/h4,6,8,14H,1-3,5,7,9-10H2,(H,19,20). The molecule has 1 saturated heterocycles. The summed E-state index contributed by atoms with van der Waals surface area (Å²) in [7, 11) is 0. The number of benzene rings is 1. The molecule has 0 radical (unpaired) electrons. The van der Waals surface area contributed by atoms with Crippen molar-refractivity contribution < 1.29 is 14.7 Å². The van der Waals surface area contributed by atoms with Crippen LogP contribution in [-0.2, 0) is 17.6 Å². The van der Waals surface area contributed by atoms with Crippen molar-refractivity contribution in [3.8, 4) is 0 Å². The third-order valence-electron chi connectivity index (χ3n) is 4.43. The van der Waals surface area contributed by atoms with Crippen molar-refractivity contribution >= 4 is 11.9 Å². The van der Waals surface area contributed by atoms with Gasteiger partial charge in [-0.2, -0.15) is 0 Å². The minimum Gasteiger partial charge on any atom is -0.480 e. The Morgan fingerprint density at radius 3 is 2.80 bits per heavy atom. The lowest BCUT2D eigenvalue weighted by molar-refractivity contribution is -0.143. The van der Waals surface area contributed by atoms with Gasteiger partial charge in [0.05, 0.1) is 0 Å². The SMILES string of the molecule is O=C(O)C1CCCCN1C(=O)c1cccc2c1CCC2. The predicted octanol–water partition coefficient (Wildman–Crippen LogP) is 2.25. The quantitative estimate of drug-likeness (QED) is 0.899. The largest absolute Gasteiger partial charge is 0.480 e. The second kappa shape index (κ2) is 5.27. The first-order valence-electron chi connectivity index (χ1n) is 7.33. The van der Waals surface area contributed by atoms with Crippen LogP contribution >= 0.6 is 0 Å². The Labute approximate surface area is 118 Å². The zero-order chi connectivity index (χ0) is 14.1. The van der Waals surface area contributed by atoms with Crippen LogP contribution in [0.15, 0.2) is 18.2 Å². The van der Waals surface area contributed by atoms with Gasteiger partial charge >= 0.3 is 5.97 Å². The Kier molecular flexibility index (Phi) is 3.47. The smallest absolute Gasteiger partial charge is 0.326 e. The molecule has 3 rings (SSSR count). The summed E-state index contributed by atoms with van der Waals surface area (Å²) in [6.45, 7) is 0.555. The molecule has 0 bridgehead atoms. The number of carboxylic acid groups (broad SMARTS) is 1. The van der Waals surface area contributed by atoms with E-state index in [0.29, 0.717) is 18.5 Å². The summed E-state index contributed by atoms with van der Waals surface area (Å²) in [6.07, 6.45) is 5.39. The van der Waals surface area contributed by atoms with Crippen LogP contribution < -0.4 is 0 Å². The minimum absolute atomic E-state index is 0.101. The predicted molar refractivity (Wildman–Crippen MR) is 74.8 cm³/mol. The van der Waals surface area contributed by atoms with Crippen molar-refractivity contribution in [1.29, 1.82) is 0 Å². The highest BCUT2D eigenvalue weighted by atomic mass is 16.4. The minimum atomic E-state index is -0.884. The number of hydrogen-bond acceptors (Lipinski definition) is 2. The number of hydrogen-bond donors (Lipinski definition) is 1. The highest BCUT2D eigenvalue weighted by Crippen LogP contribution is 2.28. The molecule has 4 heteroatoms. The monoisotopic (exact) mass is 273 g/mol. The zero-order valence-corrected chi connectivity index (χ0v) is 11.5. The van der Waals surface area contributed by atoms with Crippen LogP contribution in [0.1, 0.15) is 47.2 Å². The summed E-state index contributed by atoms with van der Waals surface area (Å²) >= 11 is 0. The first kappa shape index (κ1) is 13.2. The number of carbonyl (C=O) groups excluding carboxylic acids is 1. The molecule has 1 fully saturated rings. The van der Waals surface area contributed by atoms with Crippen molar-refractivity contribution in [2.75, 3.05) is 6.54 Å². The van der Waals surface area contributed by atoms with Crippen LogP contribution in [-0.4, -0.2) is 34.5 Å². The van der Waals surface area contributed by atoms with Gasteiger partial charge in [0.15, 0.2) is 0 Å². The highest BCUT2D eigenvalue weighted by Gasteiger charge is 2.33. The first-order valence-corrected chi connectivity index (χ1v) is 7.33. The summed E-state index contributed by atoms with van der Waals surface area (Å²) in [5, 5.41) is 9.30. The molecule has 1 aromatic rings. The Morgan fingerprint density at radius 1 is 1.15 bits per heavy atom. The van der Waals surface area contributed by atoms with Crippen molar-refractivity contribution in [1.82, 2.24) is 4.90 Å². The van der Waals surface area contributed by atoms with Crippen LogP contribution in [0.2, 0.25) is 0 Å². The fourth-order valence-electron chi connectivity index (χ4n) is 3.41. The number of likely N-dealkylation sites (tertiary alicyclic amines) is 1.